The Kier molecular flexibility index (Phi) is 5.67. The van der Waals surface area contributed by atoms with Gasteiger partial charge in [-0.25, -0.2) is 4.68 Å². The van der Waals surface area contributed by atoms with Gasteiger partial charge in [-0.3, -0.25) is 14.6 Å². The molecule has 1 aliphatic rings. The minimum atomic E-state index is -0.546. The molecule has 0 aliphatic heterocycles. The minimum Gasteiger partial charge on any atom is -0.364 e. The van der Waals surface area contributed by atoms with E-state index in [9.17, 15) is 9.59 Å². The minimum absolute atomic E-state index is 0.222. The van der Waals surface area contributed by atoms with Gasteiger partial charge in [0.15, 0.2) is 5.69 Å². The molecule has 7 nitrogen and oxygen atoms in total. The van der Waals surface area contributed by atoms with E-state index in [0.29, 0.717) is 23.4 Å². The summed E-state index contributed by atoms with van der Waals surface area (Å²) < 4.78 is 1.79. The molecular formula is C26H23N5O2S. The zero-order valence-electron chi connectivity index (χ0n) is 18.8. The summed E-state index contributed by atoms with van der Waals surface area (Å²) in [7, 11) is 0. The SMILES string of the molecule is CSc1ccc(-n2nc(C(N)=O)c3c2-c2cc(NC(=O)c4cccnc4C)ccc2CC3)cc1. The van der Waals surface area contributed by atoms with Crippen molar-refractivity contribution < 1.29 is 9.59 Å². The molecular weight excluding hydrogens is 446 g/mol. The highest BCUT2D eigenvalue weighted by molar-refractivity contribution is 7.98. The van der Waals surface area contributed by atoms with Crippen LogP contribution in [0, 0.1) is 6.92 Å². The van der Waals surface area contributed by atoms with Crippen molar-refractivity contribution in [2.75, 3.05) is 11.6 Å². The number of anilines is 1. The van der Waals surface area contributed by atoms with E-state index in [1.807, 2.05) is 48.7 Å². The fraction of sp³-hybridized carbons (Fsp3) is 0.154. The highest BCUT2D eigenvalue weighted by Gasteiger charge is 2.28. The first-order valence-electron chi connectivity index (χ1n) is 10.9. The topological polar surface area (TPSA) is 103 Å². The van der Waals surface area contributed by atoms with Crippen LogP contribution in [-0.2, 0) is 12.8 Å². The second-order valence-electron chi connectivity index (χ2n) is 8.11. The van der Waals surface area contributed by atoms with Crippen LogP contribution in [0.3, 0.4) is 0 Å². The van der Waals surface area contributed by atoms with Gasteiger partial charge in [0, 0.05) is 33.6 Å². The van der Waals surface area contributed by atoms with Crippen LogP contribution in [0.1, 0.15) is 37.7 Å². The molecule has 0 unspecified atom stereocenters. The number of hydrogen-bond donors (Lipinski definition) is 2. The molecule has 3 N–H and O–H groups in total. The normalized spacial score (nSPS) is 12.1. The monoisotopic (exact) mass is 469 g/mol. The summed E-state index contributed by atoms with van der Waals surface area (Å²) in [6, 6.07) is 17.4. The third-order valence-corrected chi connectivity index (χ3v) is 6.80. The van der Waals surface area contributed by atoms with Crippen molar-refractivity contribution in [1.29, 1.82) is 0 Å². The molecule has 2 heterocycles. The lowest BCUT2D eigenvalue weighted by Crippen LogP contribution is -2.16. The Balaban J connectivity index is 1.60. The first kappa shape index (κ1) is 21.9. The lowest BCUT2D eigenvalue weighted by molar-refractivity contribution is 0.0992. The Morgan fingerprint density at radius 1 is 1.09 bits per heavy atom. The number of hydrogen-bond acceptors (Lipinski definition) is 5. The zero-order chi connectivity index (χ0) is 23.8. The van der Waals surface area contributed by atoms with Gasteiger partial charge in [-0.05, 0) is 80.1 Å². The average molecular weight is 470 g/mol. The Morgan fingerprint density at radius 2 is 1.88 bits per heavy atom. The van der Waals surface area contributed by atoms with Crippen LogP contribution in [0.5, 0.6) is 0 Å². The third-order valence-electron chi connectivity index (χ3n) is 6.05. The zero-order valence-corrected chi connectivity index (χ0v) is 19.6. The summed E-state index contributed by atoms with van der Waals surface area (Å²) in [5.41, 5.74) is 12.4. The fourth-order valence-electron chi connectivity index (χ4n) is 4.35. The largest absolute Gasteiger partial charge is 0.364 e. The molecule has 2 amide bonds. The van der Waals surface area contributed by atoms with Crippen molar-refractivity contribution in [2.24, 2.45) is 5.73 Å². The molecule has 8 heteroatoms. The van der Waals surface area contributed by atoms with E-state index < -0.39 is 5.91 Å². The summed E-state index contributed by atoms with van der Waals surface area (Å²) >= 11 is 1.66. The van der Waals surface area contributed by atoms with Gasteiger partial charge < -0.3 is 11.1 Å². The van der Waals surface area contributed by atoms with Crippen molar-refractivity contribution in [1.82, 2.24) is 14.8 Å². The third kappa shape index (κ3) is 3.86. The van der Waals surface area contributed by atoms with Crippen molar-refractivity contribution in [3.63, 3.8) is 0 Å². The molecule has 5 rings (SSSR count). The number of amides is 2. The van der Waals surface area contributed by atoms with E-state index in [2.05, 4.69) is 15.4 Å². The molecule has 34 heavy (non-hydrogen) atoms. The van der Waals surface area contributed by atoms with E-state index in [-0.39, 0.29) is 11.6 Å². The summed E-state index contributed by atoms with van der Waals surface area (Å²) in [4.78, 5) is 30.4. The number of aromatic nitrogens is 3. The van der Waals surface area contributed by atoms with Crippen molar-refractivity contribution in [3.05, 3.63) is 88.9 Å². The quantitative estimate of drug-likeness (QED) is 0.421. The molecule has 0 saturated heterocycles. The number of thioether (sulfide) groups is 1. The molecule has 0 fully saturated rings. The number of fused-ring (bicyclic) bond motifs is 3. The molecule has 0 saturated carbocycles. The summed E-state index contributed by atoms with van der Waals surface area (Å²) in [5.74, 6) is -0.767. The second-order valence-corrected chi connectivity index (χ2v) is 8.99. The van der Waals surface area contributed by atoms with Gasteiger partial charge in [0.25, 0.3) is 11.8 Å². The van der Waals surface area contributed by atoms with Gasteiger partial charge >= 0.3 is 0 Å². The molecule has 4 aromatic rings. The molecule has 2 aromatic carbocycles. The maximum Gasteiger partial charge on any atom is 0.269 e. The first-order valence-corrected chi connectivity index (χ1v) is 12.1. The van der Waals surface area contributed by atoms with Crippen LogP contribution in [0.25, 0.3) is 16.9 Å². The number of nitrogens with two attached hydrogens (primary N) is 1. The number of nitrogens with one attached hydrogen (secondary N) is 1. The molecule has 0 spiro atoms. The van der Waals surface area contributed by atoms with Crippen LogP contribution in [0.15, 0.2) is 65.7 Å². The molecule has 170 valence electrons. The Morgan fingerprint density at radius 3 is 2.59 bits per heavy atom. The molecule has 0 atom stereocenters. The fourth-order valence-corrected chi connectivity index (χ4v) is 4.76. The van der Waals surface area contributed by atoms with Crippen LogP contribution in [0.4, 0.5) is 5.69 Å². The predicted octanol–water partition coefficient (Wildman–Crippen LogP) is 4.41. The molecule has 0 radical (unpaired) electrons. The van der Waals surface area contributed by atoms with Crippen LogP contribution in [-0.4, -0.2) is 32.8 Å². The highest BCUT2D eigenvalue weighted by Crippen LogP contribution is 2.38. The maximum absolute atomic E-state index is 12.9. The van der Waals surface area contributed by atoms with E-state index in [1.165, 1.54) is 0 Å². The summed E-state index contributed by atoms with van der Waals surface area (Å²) in [5, 5.41) is 7.59. The van der Waals surface area contributed by atoms with Gasteiger partial charge in [-0.15, -0.1) is 11.8 Å². The van der Waals surface area contributed by atoms with Crippen molar-refractivity contribution >= 4 is 29.3 Å². The number of aryl methyl sites for hydroxylation is 2. The lowest BCUT2D eigenvalue weighted by Gasteiger charge is -2.20. The van der Waals surface area contributed by atoms with E-state index in [0.717, 1.165) is 39.4 Å². The maximum atomic E-state index is 12.9. The van der Waals surface area contributed by atoms with Gasteiger partial charge in [-0.2, -0.15) is 5.10 Å². The van der Waals surface area contributed by atoms with Crippen LogP contribution < -0.4 is 11.1 Å². The smallest absolute Gasteiger partial charge is 0.269 e. The number of carbonyl (C=O) groups excluding carboxylic acids is 2. The number of rotatable bonds is 5. The van der Waals surface area contributed by atoms with Gasteiger partial charge in [-0.1, -0.05) is 6.07 Å². The van der Waals surface area contributed by atoms with Gasteiger partial charge in [0.2, 0.25) is 0 Å². The predicted molar refractivity (Wildman–Crippen MR) is 134 cm³/mol. The standard InChI is InChI=1S/C26H23N5O2S/c1-15-20(4-3-13-28-15)26(33)29-17-7-5-16-6-12-21-23(25(27)32)30-31(24(21)22(16)14-17)18-8-10-19(34-2)11-9-18/h3-5,7-11,13-14H,6,12H2,1-2H3,(H2,27,32)(H,29,33). The number of carbonyl (C=O) groups is 2. The second kappa shape index (κ2) is 8.79. The highest BCUT2D eigenvalue weighted by atomic mass is 32.2. The van der Waals surface area contributed by atoms with E-state index in [1.54, 1.807) is 41.7 Å². The van der Waals surface area contributed by atoms with Crippen LogP contribution >= 0.6 is 11.8 Å². The van der Waals surface area contributed by atoms with Gasteiger partial charge in [0.1, 0.15) is 0 Å². The van der Waals surface area contributed by atoms with E-state index >= 15 is 0 Å². The Labute approximate surface area is 201 Å². The van der Waals surface area contributed by atoms with Crippen LogP contribution in [0.2, 0.25) is 0 Å². The summed E-state index contributed by atoms with van der Waals surface area (Å²) in [6.45, 7) is 1.81. The Hall–Kier alpha value is -3.91. The number of pyridine rings is 1. The van der Waals surface area contributed by atoms with Gasteiger partial charge in [0.05, 0.1) is 16.9 Å². The number of primary amides is 1. The number of benzene rings is 2. The summed E-state index contributed by atoms with van der Waals surface area (Å²) in [6.07, 6.45) is 5.12. The molecule has 2 aromatic heterocycles. The first-order chi connectivity index (χ1) is 16.5. The van der Waals surface area contributed by atoms with E-state index in [4.69, 9.17) is 5.73 Å². The van der Waals surface area contributed by atoms with Crippen molar-refractivity contribution in [2.45, 2.75) is 24.7 Å². The lowest BCUT2D eigenvalue weighted by atomic mass is 9.88. The molecule has 1 aliphatic carbocycles. The van der Waals surface area contributed by atoms with Crippen molar-refractivity contribution in [3.8, 4) is 16.9 Å². The average Bonchev–Trinajstić information content (AvgIpc) is 3.25. The molecule has 0 bridgehead atoms. The Bertz CT molecular complexity index is 1430. The number of nitrogens with zero attached hydrogens (tertiary/aromatic N) is 3.